The Morgan fingerprint density at radius 1 is 1.24 bits per heavy atom. The number of halogens is 1. The van der Waals surface area contributed by atoms with Crippen LogP contribution in [0.5, 0.6) is 0 Å². The van der Waals surface area contributed by atoms with Crippen LogP contribution in [0.15, 0.2) is 28.1 Å². The quantitative estimate of drug-likeness (QED) is 0.864. The summed E-state index contributed by atoms with van der Waals surface area (Å²) in [5.41, 5.74) is 1.54. The van der Waals surface area contributed by atoms with Crippen LogP contribution in [0.2, 0.25) is 0 Å². The maximum absolute atomic E-state index is 12.3. The molecule has 0 aliphatic carbocycles. The summed E-state index contributed by atoms with van der Waals surface area (Å²) in [6.07, 6.45) is 0. The minimum atomic E-state index is -1.08. The van der Waals surface area contributed by atoms with Crippen LogP contribution < -0.4 is 5.32 Å². The number of nitrogens with one attached hydrogen (secondary N) is 1. The highest BCUT2D eigenvalue weighted by atomic mass is 79.9. The second-order valence-electron chi connectivity index (χ2n) is 4.67. The lowest BCUT2D eigenvalue weighted by molar-refractivity contribution is 0.0690. The molecule has 2 N–H and O–H groups in total. The first-order chi connectivity index (χ1) is 9.90. The Morgan fingerprint density at radius 3 is 2.38 bits per heavy atom. The van der Waals surface area contributed by atoms with Gasteiger partial charge in [0.1, 0.15) is 0 Å². The van der Waals surface area contributed by atoms with Crippen molar-refractivity contribution < 1.29 is 14.7 Å². The molecule has 0 aliphatic heterocycles. The van der Waals surface area contributed by atoms with Crippen LogP contribution in [0.25, 0.3) is 0 Å². The summed E-state index contributed by atoms with van der Waals surface area (Å²) in [6, 6.07) is 5.40. The molecular formula is C15H14BrNO3S. The fourth-order valence-corrected chi connectivity index (χ4v) is 3.47. The number of carbonyl (C=O) groups excluding carboxylic acids is 1. The van der Waals surface area contributed by atoms with Crippen molar-refractivity contribution in [1.29, 1.82) is 0 Å². The lowest BCUT2D eigenvalue weighted by Gasteiger charge is -2.12. The summed E-state index contributed by atoms with van der Waals surface area (Å²) in [7, 11) is 0. The first-order valence-corrected chi connectivity index (χ1v) is 7.92. The second-order valence-corrected chi connectivity index (χ2v) is 6.58. The third-order valence-electron chi connectivity index (χ3n) is 3.11. The number of aryl methyl sites for hydroxylation is 2. The van der Waals surface area contributed by atoms with Crippen LogP contribution in [-0.4, -0.2) is 17.0 Å². The molecule has 0 fully saturated rings. The number of carboxylic acids is 1. The molecule has 1 aromatic heterocycles. The molecular weight excluding hydrogens is 354 g/mol. The zero-order valence-corrected chi connectivity index (χ0v) is 14.0. The van der Waals surface area contributed by atoms with Gasteiger partial charge in [-0.25, -0.2) is 4.79 Å². The lowest BCUT2D eigenvalue weighted by atomic mass is 9.96. The Kier molecular flexibility index (Phi) is 4.80. The Labute approximate surface area is 134 Å². The van der Waals surface area contributed by atoms with Gasteiger partial charge in [-0.3, -0.25) is 4.79 Å². The molecule has 0 saturated heterocycles. The number of benzene rings is 1. The third-order valence-corrected chi connectivity index (χ3v) is 4.81. The summed E-state index contributed by atoms with van der Waals surface area (Å²) in [5.74, 6) is -1.45. The zero-order valence-electron chi connectivity index (χ0n) is 11.6. The number of carbonyl (C=O) groups is 2. The van der Waals surface area contributed by atoms with E-state index in [-0.39, 0.29) is 17.0 Å². The first-order valence-electron chi connectivity index (χ1n) is 6.24. The van der Waals surface area contributed by atoms with Gasteiger partial charge in [0.25, 0.3) is 5.91 Å². The number of hydrogen-bond acceptors (Lipinski definition) is 3. The van der Waals surface area contributed by atoms with Gasteiger partial charge in [-0.1, -0.05) is 12.1 Å². The van der Waals surface area contributed by atoms with E-state index >= 15 is 0 Å². The lowest BCUT2D eigenvalue weighted by Crippen LogP contribution is -2.26. The summed E-state index contributed by atoms with van der Waals surface area (Å²) >= 11 is 4.88. The fourth-order valence-electron chi connectivity index (χ4n) is 2.08. The standard InChI is InChI=1S/C15H14BrNO3S/c1-8-3-4-9(2)13(15(19)20)12(8)14(18)17-6-11-5-10(16)7-21-11/h3-5,7H,6H2,1-2H3,(H,17,18)(H,19,20). The monoisotopic (exact) mass is 367 g/mol. The van der Waals surface area contributed by atoms with Crippen LogP contribution in [0.1, 0.15) is 36.7 Å². The van der Waals surface area contributed by atoms with Gasteiger partial charge in [0.05, 0.1) is 17.7 Å². The SMILES string of the molecule is Cc1ccc(C)c(C(=O)NCc2cc(Br)cs2)c1C(=O)O. The van der Waals surface area contributed by atoms with E-state index in [4.69, 9.17) is 0 Å². The molecule has 1 amide bonds. The van der Waals surface area contributed by atoms with Crippen molar-refractivity contribution in [1.82, 2.24) is 5.32 Å². The van der Waals surface area contributed by atoms with Gasteiger partial charge in [0, 0.05) is 14.7 Å². The largest absolute Gasteiger partial charge is 0.478 e. The van der Waals surface area contributed by atoms with Crippen LogP contribution in [0.3, 0.4) is 0 Å². The molecule has 0 radical (unpaired) electrons. The van der Waals surface area contributed by atoms with E-state index in [1.165, 1.54) is 11.3 Å². The number of rotatable bonds is 4. The van der Waals surface area contributed by atoms with Crippen molar-refractivity contribution in [3.05, 3.63) is 55.2 Å². The molecule has 0 bridgehead atoms. The van der Waals surface area contributed by atoms with E-state index in [2.05, 4.69) is 21.2 Å². The molecule has 0 saturated carbocycles. The van der Waals surface area contributed by atoms with Gasteiger partial charge in [-0.15, -0.1) is 11.3 Å². The first kappa shape index (κ1) is 15.7. The topological polar surface area (TPSA) is 66.4 Å². The van der Waals surface area contributed by atoms with Crippen molar-refractivity contribution in [2.75, 3.05) is 0 Å². The summed E-state index contributed by atoms with van der Waals surface area (Å²) in [5, 5.41) is 14.0. The molecule has 21 heavy (non-hydrogen) atoms. The van der Waals surface area contributed by atoms with E-state index in [0.29, 0.717) is 17.7 Å². The molecule has 4 nitrogen and oxygen atoms in total. The van der Waals surface area contributed by atoms with Gasteiger partial charge < -0.3 is 10.4 Å². The highest BCUT2D eigenvalue weighted by Gasteiger charge is 2.21. The number of thiophene rings is 1. The Hall–Kier alpha value is -1.66. The van der Waals surface area contributed by atoms with Crippen LogP contribution >= 0.6 is 27.3 Å². The van der Waals surface area contributed by atoms with Crippen LogP contribution in [-0.2, 0) is 6.54 Å². The minimum Gasteiger partial charge on any atom is -0.478 e. The fraction of sp³-hybridized carbons (Fsp3) is 0.200. The van der Waals surface area contributed by atoms with Gasteiger partial charge in [0.15, 0.2) is 0 Å². The van der Waals surface area contributed by atoms with E-state index in [9.17, 15) is 14.7 Å². The molecule has 0 unspecified atom stereocenters. The van der Waals surface area contributed by atoms with Crippen molar-refractivity contribution >= 4 is 39.1 Å². The molecule has 1 aromatic carbocycles. The Morgan fingerprint density at radius 2 is 1.86 bits per heavy atom. The number of carboxylic acid groups (broad SMARTS) is 1. The molecule has 0 aliphatic rings. The van der Waals surface area contributed by atoms with E-state index in [1.807, 2.05) is 11.4 Å². The van der Waals surface area contributed by atoms with Gasteiger partial charge in [0.2, 0.25) is 0 Å². The van der Waals surface area contributed by atoms with E-state index in [0.717, 1.165) is 9.35 Å². The second kappa shape index (κ2) is 6.41. The highest BCUT2D eigenvalue weighted by molar-refractivity contribution is 9.10. The van der Waals surface area contributed by atoms with Crippen molar-refractivity contribution in [2.24, 2.45) is 0 Å². The average Bonchev–Trinajstić information content (AvgIpc) is 2.83. The molecule has 1 heterocycles. The predicted octanol–water partition coefficient (Wildman–Crippen LogP) is 3.76. The molecule has 6 heteroatoms. The maximum Gasteiger partial charge on any atom is 0.336 e. The number of aromatic carboxylic acids is 1. The maximum atomic E-state index is 12.3. The van der Waals surface area contributed by atoms with E-state index < -0.39 is 5.97 Å². The Balaban J connectivity index is 2.26. The normalized spacial score (nSPS) is 10.4. The van der Waals surface area contributed by atoms with E-state index in [1.54, 1.807) is 26.0 Å². The third kappa shape index (κ3) is 3.51. The highest BCUT2D eigenvalue weighted by Crippen LogP contribution is 2.21. The van der Waals surface area contributed by atoms with Crippen molar-refractivity contribution in [3.63, 3.8) is 0 Å². The minimum absolute atomic E-state index is 0.0693. The molecule has 110 valence electrons. The molecule has 2 rings (SSSR count). The van der Waals surface area contributed by atoms with Crippen LogP contribution in [0.4, 0.5) is 0 Å². The van der Waals surface area contributed by atoms with Gasteiger partial charge in [-0.05, 0) is 47.0 Å². The average molecular weight is 368 g/mol. The summed E-state index contributed by atoms with van der Waals surface area (Å²) in [6.45, 7) is 3.81. The Bertz CT molecular complexity index is 709. The zero-order chi connectivity index (χ0) is 15.6. The number of amides is 1. The number of hydrogen-bond donors (Lipinski definition) is 2. The predicted molar refractivity (Wildman–Crippen MR) is 86.1 cm³/mol. The summed E-state index contributed by atoms with van der Waals surface area (Å²) < 4.78 is 0.967. The van der Waals surface area contributed by atoms with Crippen molar-refractivity contribution in [3.8, 4) is 0 Å². The van der Waals surface area contributed by atoms with Gasteiger partial charge in [-0.2, -0.15) is 0 Å². The molecule has 2 aromatic rings. The molecule has 0 atom stereocenters. The van der Waals surface area contributed by atoms with Crippen LogP contribution in [0, 0.1) is 13.8 Å². The van der Waals surface area contributed by atoms with Crippen molar-refractivity contribution in [2.45, 2.75) is 20.4 Å². The van der Waals surface area contributed by atoms with Gasteiger partial charge >= 0.3 is 5.97 Å². The summed E-state index contributed by atoms with van der Waals surface area (Å²) in [4.78, 5) is 24.7. The molecule has 0 spiro atoms. The smallest absolute Gasteiger partial charge is 0.336 e.